The highest BCUT2D eigenvalue weighted by Gasteiger charge is 2.15. The largest absolute Gasteiger partial charge is 0.440 e. The summed E-state index contributed by atoms with van der Waals surface area (Å²) in [6.07, 6.45) is 0. The van der Waals surface area contributed by atoms with E-state index in [9.17, 15) is 13.2 Å². The smallest absolute Gasteiger partial charge is 0.261 e. The van der Waals surface area contributed by atoms with Gasteiger partial charge in [-0.1, -0.05) is 38.1 Å². The first-order valence-corrected chi connectivity index (χ1v) is 11.2. The van der Waals surface area contributed by atoms with Gasteiger partial charge in [0.25, 0.3) is 15.9 Å². The summed E-state index contributed by atoms with van der Waals surface area (Å²) in [5, 5.41) is 2.81. The van der Waals surface area contributed by atoms with E-state index in [-0.39, 0.29) is 16.7 Å². The molecule has 0 radical (unpaired) electrons. The average molecular weight is 436 g/mol. The van der Waals surface area contributed by atoms with Crippen LogP contribution in [0.3, 0.4) is 0 Å². The van der Waals surface area contributed by atoms with Crippen molar-refractivity contribution in [3.05, 3.63) is 84.3 Å². The standard InChI is InChI=1S/C23H21N3O4S/c1-15(2)23-25-20-14-17(11-12-21(20)30-23)24-22(27)16-7-6-8-18(13-16)26-31(28,29)19-9-4-3-5-10-19/h3-15,26H,1-2H3,(H,24,27). The minimum Gasteiger partial charge on any atom is -0.440 e. The fraction of sp³-hybridized carbons (Fsp3) is 0.130. The van der Waals surface area contributed by atoms with E-state index in [4.69, 9.17) is 4.42 Å². The van der Waals surface area contributed by atoms with Gasteiger partial charge in [-0.15, -0.1) is 0 Å². The molecule has 0 saturated carbocycles. The molecule has 0 atom stereocenters. The highest BCUT2D eigenvalue weighted by Crippen LogP contribution is 2.24. The summed E-state index contributed by atoms with van der Waals surface area (Å²) in [6.45, 7) is 3.98. The van der Waals surface area contributed by atoms with Crippen molar-refractivity contribution >= 4 is 38.4 Å². The number of aromatic nitrogens is 1. The number of amides is 1. The molecule has 0 unspecified atom stereocenters. The van der Waals surface area contributed by atoms with Gasteiger partial charge in [0, 0.05) is 22.9 Å². The third-order valence-corrected chi connectivity index (χ3v) is 5.98. The molecule has 4 aromatic rings. The molecule has 1 amide bonds. The lowest BCUT2D eigenvalue weighted by Gasteiger charge is -2.10. The molecule has 0 aliphatic rings. The first-order valence-electron chi connectivity index (χ1n) is 9.71. The van der Waals surface area contributed by atoms with Gasteiger partial charge in [0.1, 0.15) is 5.52 Å². The summed E-state index contributed by atoms with van der Waals surface area (Å²) in [5.74, 6) is 0.428. The molecular formula is C23H21N3O4S. The lowest BCUT2D eigenvalue weighted by molar-refractivity contribution is 0.102. The summed E-state index contributed by atoms with van der Waals surface area (Å²) in [5.41, 5.74) is 2.49. The van der Waals surface area contributed by atoms with Crippen LogP contribution in [-0.4, -0.2) is 19.3 Å². The molecule has 0 saturated heterocycles. The Kier molecular flexibility index (Phi) is 5.48. The second kappa shape index (κ2) is 8.23. The van der Waals surface area contributed by atoms with Crippen LogP contribution >= 0.6 is 0 Å². The zero-order valence-electron chi connectivity index (χ0n) is 17.0. The summed E-state index contributed by atoms with van der Waals surface area (Å²) in [4.78, 5) is 17.3. The molecule has 0 bridgehead atoms. The lowest BCUT2D eigenvalue weighted by atomic mass is 10.2. The minimum atomic E-state index is -3.74. The van der Waals surface area contributed by atoms with Gasteiger partial charge >= 0.3 is 0 Å². The number of oxazole rings is 1. The van der Waals surface area contributed by atoms with Crippen LogP contribution in [0.1, 0.15) is 36.0 Å². The molecule has 0 spiro atoms. The van der Waals surface area contributed by atoms with Gasteiger partial charge in [-0.2, -0.15) is 0 Å². The SMILES string of the molecule is CC(C)c1nc2cc(NC(=O)c3cccc(NS(=O)(=O)c4ccccc4)c3)ccc2o1. The molecule has 0 aliphatic heterocycles. The van der Waals surface area contributed by atoms with E-state index in [1.54, 1.807) is 54.6 Å². The monoisotopic (exact) mass is 435 g/mol. The van der Waals surface area contributed by atoms with Gasteiger partial charge in [-0.05, 0) is 48.5 Å². The zero-order valence-corrected chi connectivity index (χ0v) is 17.8. The molecule has 1 heterocycles. The predicted molar refractivity (Wildman–Crippen MR) is 120 cm³/mol. The van der Waals surface area contributed by atoms with Gasteiger partial charge in [0.15, 0.2) is 11.5 Å². The molecule has 8 heteroatoms. The van der Waals surface area contributed by atoms with E-state index in [1.165, 1.54) is 18.2 Å². The molecule has 0 aliphatic carbocycles. The molecule has 0 fully saturated rings. The molecule has 2 N–H and O–H groups in total. The number of carbonyl (C=O) groups is 1. The Bertz CT molecular complexity index is 1350. The van der Waals surface area contributed by atoms with Gasteiger partial charge in [0.05, 0.1) is 4.90 Å². The number of benzene rings is 3. The summed E-state index contributed by atoms with van der Waals surface area (Å²) >= 11 is 0. The van der Waals surface area contributed by atoms with E-state index in [0.29, 0.717) is 33.9 Å². The summed E-state index contributed by atoms with van der Waals surface area (Å²) < 4.78 is 33.2. The fourth-order valence-corrected chi connectivity index (χ4v) is 4.08. The zero-order chi connectivity index (χ0) is 22.0. The lowest BCUT2D eigenvalue weighted by Crippen LogP contribution is -2.15. The van der Waals surface area contributed by atoms with Gasteiger partial charge in [0.2, 0.25) is 0 Å². The number of hydrogen-bond acceptors (Lipinski definition) is 5. The van der Waals surface area contributed by atoms with Crippen LogP contribution < -0.4 is 10.0 Å². The Morgan fingerprint density at radius 1 is 0.935 bits per heavy atom. The molecule has 1 aromatic heterocycles. The maximum absolute atomic E-state index is 12.7. The number of nitrogens with zero attached hydrogens (tertiary/aromatic N) is 1. The van der Waals surface area contributed by atoms with Crippen LogP contribution in [0.2, 0.25) is 0 Å². The van der Waals surface area contributed by atoms with Gasteiger partial charge < -0.3 is 9.73 Å². The topological polar surface area (TPSA) is 101 Å². The van der Waals surface area contributed by atoms with Crippen LogP contribution in [-0.2, 0) is 10.0 Å². The van der Waals surface area contributed by atoms with Crippen LogP contribution in [0, 0.1) is 0 Å². The van der Waals surface area contributed by atoms with Crippen molar-refractivity contribution in [2.45, 2.75) is 24.7 Å². The number of nitrogens with one attached hydrogen (secondary N) is 2. The first-order chi connectivity index (χ1) is 14.8. The summed E-state index contributed by atoms with van der Waals surface area (Å²) in [7, 11) is -3.74. The van der Waals surface area contributed by atoms with Gasteiger partial charge in [-0.3, -0.25) is 9.52 Å². The van der Waals surface area contributed by atoms with Crippen molar-refractivity contribution in [2.24, 2.45) is 0 Å². The minimum absolute atomic E-state index is 0.145. The van der Waals surface area contributed by atoms with Gasteiger partial charge in [-0.25, -0.2) is 13.4 Å². The van der Waals surface area contributed by atoms with E-state index in [1.807, 2.05) is 13.8 Å². The van der Waals surface area contributed by atoms with Crippen molar-refractivity contribution in [1.29, 1.82) is 0 Å². The molecular weight excluding hydrogens is 414 g/mol. The Balaban J connectivity index is 1.52. The molecule has 3 aromatic carbocycles. The second-order valence-corrected chi connectivity index (χ2v) is 9.03. The number of fused-ring (bicyclic) bond motifs is 1. The Labute approximate surface area is 180 Å². The van der Waals surface area contributed by atoms with E-state index in [2.05, 4.69) is 15.0 Å². The quantitative estimate of drug-likeness (QED) is 0.444. The number of sulfonamides is 1. The highest BCUT2D eigenvalue weighted by atomic mass is 32.2. The van der Waals surface area contributed by atoms with Crippen LogP contribution in [0.5, 0.6) is 0 Å². The van der Waals surface area contributed by atoms with Crippen LogP contribution in [0.15, 0.2) is 82.1 Å². The summed E-state index contributed by atoms with van der Waals surface area (Å²) in [6, 6.07) is 19.6. The van der Waals surface area contributed by atoms with Crippen LogP contribution in [0.25, 0.3) is 11.1 Å². The third-order valence-electron chi connectivity index (χ3n) is 4.59. The Morgan fingerprint density at radius 3 is 2.45 bits per heavy atom. The number of rotatable bonds is 6. The first kappa shape index (κ1) is 20.6. The van der Waals surface area contributed by atoms with Crippen molar-refractivity contribution < 1.29 is 17.6 Å². The maximum Gasteiger partial charge on any atom is 0.261 e. The number of hydrogen-bond donors (Lipinski definition) is 2. The number of carbonyl (C=O) groups excluding carboxylic acids is 1. The second-order valence-electron chi connectivity index (χ2n) is 7.34. The number of anilines is 2. The maximum atomic E-state index is 12.7. The van der Waals surface area contributed by atoms with E-state index in [0.717, 1.165) is 0 Å². The van der Waals surface area contributed by atoms with E-state index < -0.39 is 10.0 Å². The Morgan fingerprint density at radius 2 is 1.71 bits per heavy atom. The van der Waals surface area contributed by atoms with Crippen molar-refractivity contribution in [3.63, 3.8) is 0 Å². The van der Waals surface area contributed by atoms with Crippen LogP contribution in [0.4, 0.5) is 11.4 Å². The van der Waals surface area contributed by atoms with E-state index >= 15 is 0 Å². The normalized spacial score (nSPS) is 11.6. The molecule has 158 valence electrons. The average Bonchev–Trinajstić information content (AvgIpc) is 3.18. The van der Waals surface area contributed by atoms with Crippen molar-refractivity contribution in [2.75, 3.05) is 10.0 Å². The third kappa shape index (κ3) is 4.59. The van der Waals surface area contributed by atoms with Crippen molar-refractivity contribution in [1.82, 2.24) is 4.98 Å². The Hall–Kier alpha value is -3.65. The molecule has 31 heavy (non-hydrogen) atoms. The predicted octanol–water partition coefficient (Wildman–Crippen LogP) is 5.00. The highest BCUT2D eigenvalue weighted by molar-refractivity contribution is 7.92. The molecule has 7 nitrogen and oxygen atoms in total. The van der Waals surface area contributed by atoms with Crippen molar-refractivity contribution in [3.8, 4) is 0 Å². The fourth-order valence-electron chi connectivity index (χ4n) is 3.01. The molecule has 4 rings (SSSR count).